The van der Waals surface area contributed by atoms with Crippen LogP contribution in [0.4, 0.5) is 29.5 Å². The Morgan fingerprint density at radius 1 is 1.33 bits per heavy atom. The Morgan fingerprint density at radius 2 is 2.07 bits per heavy atom. The summed E-state index contributed by atoms with van der Waals surface area (Å²) in [5, 5.41) is 4.39. The van der Waals surface area contributed by atoms with Crippen LogP contribution in [-0.2, 0) is 12.1 Å². The van der Waals surface area contributed by atoms with Gasteiger partial charge in [-0.3, -0.25) is 4.79 Å². The van der Waals surface area contributed by atoms with Gasteiger partial charge in [0.05, 0.1) is 12.2 Å². The van der Waals surface area contributed by atoms with Crippen molar-refractivity contribution in [3.63, 3.8) is 0 Å². The second-order valence-corrected chi connectivity index (χ2v) is 7.45. The SMILES string of the molecule is Cc1cn(Cc2ccc3c(c2)NC(=O)N[C@]3(C#CC2CC2)C(F)(F)F)c(=O)c(N)n1. The second kappa shape index (κ2) is 6.79. The first-order valence-electron chi connectivity index (χ1n) is 9.24. The van der Waals surface area contributed by atoms with E-state index in [0.29, 0.717) is 11.3 Å². The van der Waals surface area contributed by atoms with Crippen molar-refractivity contribution in [3.05, 3.63) is 51.6 Å². The summed E-state index contributed by atoms with van der Waals surface area (Å²) in [6.07, 6.45) is -1.82. The smallest absolute Gasteiger partial charge is 0.379 e. The number of halogens is 3. The monoisotopic (exact) mass is 417 g/mol. The first-order valence-corrected chi connectivity index (χ1v) is 9.24. The maximum Gasteiger partial charge on any atom is 0.427 e. The number of rotatable bonds is 2. The third-order valence-corrected chi connectivity index (χ3v) is 4.98. The largest absolute Gasteiger partial charge is 0.427 e. The molecule has 1 saturated carbocycles. The molecule has 1 aliphatic carbocycles. The summed E-state index contributed by atoms with van der Waals surface area (Å²) in [5.41, 5.74) is 3.13. The molecule has 1 aromatic heterocycles. The van der Waals surface area contributed by atoms with E-state index >= 15 is 0 Å². The predicted octanol–water partition coefficient (Wildman–Crippen LogP) is 2.49. The highest BCUT2D eigenvalue weighted by Gasteiger charge is 2.59. The van der Waals surface area contributed by atoms with Gasteiger partial charge in [-0.15, -0.1) is 0 Å². The molecule has 1 atom stereocenters. The highest BCUT2D eigenvalue weighted by molar-refractivity contribution is 5.95. The second-order valence-electron chi connectivity index (χ2n) is 7.45. The average Bonchev–Trinajstić information content (AvgIpc) is 3.47. The Labute approximate surface area is 169 Å². The first kappa shape index (κ1) is 19.8. The maximum atomic E-state index is 14.1. The number of aromatic nitrogens is 2. The van der Waals surface area contributed by atoms with Crippen molar-refractivity contribution in [1.29, 1.82) is 0 Å². The van der Waals surface area contributed by atoms with Crippen molar-refractivity contribution in [2.75, 3.05) is 11.1 Å². The number of benzene rings is 1. The lowest BCUT2D eigenvalue weighted by Crippen LogP contribution is -2.59. The Kier molecular flexibility index (Phi) is 4.49. The molecule has 2 heterocycles. The molecule has 2 aliphatic rings. The molecule has 0 saturated heterocycles. The maximum absolute atomic E-state index is 14.1. The highest BCUT2D eigenvalue weighted by Crippen LogP contribution is 2.44. The van der Waals surface area contributed by atoms with E-state index in [-0.39, 0.29) is 29.5 Å². The van der Waals surface area contributed by atoms with Crippen molar-refractivity contribution < 1.29 is 18.0 Å². The zero-order valence-corrected chi connectivity index (χ0v) is 15.9. The molecule has 0 unspecified atom stereocenters. The summed E-state index contributed by atoms with van der Waals surface area (Å²) >= 11 is 0. The van der Waals surface area contributed by atoms with Crippen LogP contribution in [0.25, 0.3) is 0 Å². The lowest BCUT2D eigenvalue weighted by atomic mass is 9.85. The van der Waals surface area contributed by atoms with E-state index in [1.165, 1.54) is 29.0 Å². The number of amides is 2. The fraction of sp³-hybridized carbons (Fsp3) is 0.350. The average molecular weight is 417 g/mol. The lowest BCUT2D eigenvalue weighted by molar-refractivity contribution is -0.178. The Bertz CT molecular complexity index is 1160. The zero-order valence-electron chi connectivity index (χ0n) is 15.9. The van der Waals surface area contributed by atoms with Gasteiger partial charge in [-0.1, -0.05) is 24.0 Å². The topological polar surface area (TPSA) is 102 Å². The molecule has 10 heteroatoms. The molecule has 1 aromatic carbocycles. The molecular formula is C20H18F3N5O2. The molecular weight excluding hydrogens is 399 g/mol. The molecule has 0 spiro atoms. The molecule has 1 fully saturated rings. The van der Waals surface area contributed by atoms with Gasteiger partial charge in [0, 0.05) is 23.4 Å². The number of urea groups is 1. The van der Waals surface area contributed by atoms with Crippen LogP contribution in [0.5, 0.6) is 0 Å². The van der Waals surface area contributed by atoms with E-state index in [1.54, 1.807) is 6.92 Å². The lowest BCUT2D eigenvalue weighted by Gasteiger charge is -2.37. The number of aryl methyl sites for hydroxylation is 1. The minimum atomic E-state index is -4.82. The highest BCUT2D eigenvalue weighted by atomic mass is 19.4. The summed E-state index contributed by atoms with van der Waals surface area (Å²) in [5.74, 6) is 4.67. The van der Waals surface area contributed by atoms with E-state index < -0.39 is 23.3 Å². The van der Waals surface area contributed by atoms with Gasteiger partial charge in [-0.25, -0.2) is 9.78 Å². The number of anilines is 2. The van der Waals surface area contributed by atoms with Crippen molar-refractivity contribution in [2.24, 2.45) is 5.92 Å². The number of hydrogen-bond acceptors (Lipinski definition) is 4. The van der Waals surface area contributed by atoms with Crippen LogP contribution in [0, 0.1) is 24.7 Å². The first-order chi connectivity index (χ1) is 14.1. The summed E-state index contributed by atoms with van der Waals surface area (Å²) in [7, 11) is 0. The van der Waals surface area contributed by atoms with Crippen LogP contribution in [0.3, 0.4) is 0 Å². The quantitative estimate of drug-likeness (QED) is 0.654. The van der Waals surface area contributed by atoms with Crippen LogP contribution >= 0.6 is 0 Å². The van der Waals surface area contributed by atoms with Crippen LogP contribution in [0.1, 0.15) is 29.7 Å². The van der Waals surface area contributed by atoms with E-state index in [4.69, 9.17) is 5.73 Å². The molecule has 30 heavy (non-hydrogen) atoms. The fourth-order valence-electron chi connectivity index (χ4n) is 3.35. The summed E-state index contributed by atoms with van der Waals surface area (Å²) in [4.78, 5) is 28.2. The molecule has 0 bridgehead atoms. The van der Waals surface area contributed by atoms with Gasteiger partial charge in [0.1, 0.15) is 0 Å². The van der Waals surface area contributed by atoms with Crippen LogP contribution in [0.2, 0.25) is 0 Å². The fourth-order valence-corrected chi connectivity index (χ4v) is 3.35. The van der Waals surface area contributed by atoms with Gasteiger partial charge in [-0.05, 0) is 31.4 Å². The summed E-state index contributed by atoms with van der Waals surface area (Å²) in [6.45, 7) is 1.72. The number of carbonyl (C=O) groups is 1. The summed E-state index contributed by atoms with van der Waals surface area (Å²) < 4.78 is 43.6. The number of carbonyl (C=O) groups excluding carboxylic acids is 1. The standard InChI is InChI=1S/C20H18F3N5O2/c1-11-9-28(17(29)16(24)25-11)10-13-4-5-14-15(8-13)26-18(30)27-19(14,20(21,22)23)7-6-12-2-3-12/h4-5,8-9,12H,2-3,10H2,1H3,(H2,24,25)(H2,26,27,30)/t19-/m0/s1. The Morgan fingerprint density at radius 3 is 2.73 bits per heavy atom. The van der Waals surface area contributed by atoms with Gasteiger partial charge < -0.3 is 20.9 Å². The van der Waals surface area contributed by atoms with Crippen LogP contribution in [0.15, 0.2) is 29.2 Å². The third-order valence-electron chi connectivity index (χ3n) is 4.98. The van der Waals surface area contributed by atoms with Gasteiger partial charge >= 0.3 is 12.2 Å². The number of nitrogens with zero attached hydrogens (tertiary/aromatic N) is 2. The molecule has 7 nitrogen and oxygen atoms in total. The van der Waals surface area contributed by atoms with Gasteiger partial charge in [-0.2, -0.15) is 13.2 Å². The van der Waals surface area contributed by atoms with Gasteiger partial charge in [0.15, 0.2) is 5.82 Å². The van der Waals surface area contributed by atoms with E-state index in [2.05, 4.69) is 22.1 Å². The number of nitrogen functional groups attached to an aromatic ring is 1. The van der Waals surface area contributed by atoms with E-state index in [1.807, 2.05) is 5.32 Å². The predicted molar refractivity (Wildman–Crippen MR) is 104 cm³/mol. The molecule has 2 amide bonds. The number of alkyl halides is 3. The number of fused-ring (bicyclic) bond motifs is 1. The minimum absolute atomic E-state index is 0.00882. The van der Waals surface area contributed by atoms with Crippen molar-refractivity contribution >= 4 is 17.5 Å². The third kappa shape index (κ3) is 3.47. The Balaban J connectivity index is 1.78. The van der Waals surface area contributed by atoms with Crippen molar-refractivity contribution in [2.45, 2.75) is 38.0 Å². The van der Waals surface area contributed by atoms with E-state index in [9.17, 15) is 22.8 Å². The molecule has 156 valence electrons. The molecule has 0 radical (unpaired) electrons. The molecule has 1 aliphatic heterocycles. The minimum Gasteiger partial charge on any atom is -0.379 e. The number of nitrogens with one attached hydrogen (secondary N) is 2. The number of nitrogens with two attached hydrogens (primary N) is 1. The molecule has 4 rings (SSSR count). The van der Waals surface area contributed by atoms with Crippen molar-refractivity contribution in [1.82, 2.24) is 14.9 Å². The summed E-state index contributed by atoms with van der Waals surface area (Å²) in [6, 6.07) is 3.15. The van der Waals surface area contributed by atoms with Crippen molar-refractivity contribution in [3.8, 4) is 11.8 Å². The van der Waals surface area contributed by atoms with Crippen LogP contribution in [-0.4, -0.2) is 21.8 Å². The number of hydrogen-bond donors (Lipinski definition) is 3. The van der Waals surface area contributed by atoms with Crippen LogP contribution < -0.4 is 21.9 Å². The van der Waals surface area contributed by atoms with E-state index in [0.717, 1.165) is 12.8 Å². The normalized spacial score (nSPS) is 20.5. The zero-order chi connectivity index (χ0) is 21.7. The van der Waals surface area contributed by atoms with Gasteiger partial charge in [0.2, 0.25) is 5.54 Å². The molecule has 2 aromatic rings. The Hall–Kier alpha value is -3.48. The molecule has 4 N–H and O–H groups in total. The van der Waals surface area contributed by atoms with Gasteiger partial charge in [0.25, 0.3) is 5.56 Å².